The van der Waals surface area contributed by atoms with Crippen LogP contribution in [0.5, 0.6) is 0 Å². The van der Waals surface area contributed by atoms with Gasteiger partial charge in [-0.3, -0.25) is 14.4 Å². The quantitative estimate of drug-likeness (QED) is 0.280. The first-order valence-corrected chi connectivity index (χ1v) is 11.6. The third-order valence-electron chi connectivity index (χ3n) is 6.18. The summed E-state index contributed by atoms with van der Waals surface area (Å²) in [6, 6.07) is 0. The van der Waals surface area contributed by atoms with Gasteiger partial charge in [0.1, 0.15) is 24.4 Å². The van der Waals surface area contributed by atoms with E-state index in [2.05, 4.69) is 6.58 Å². The molecule has 0 aromatic rings. The van der Waals surface area contributed by atoms with Crippen LogP contribution in [0, 0.1) is 5.92 Å². The number of ether oxygens (including phenoxy) is 4. The Bertz CT molecular complexity index is 707. The number of carbonyl (C=O) groups excluding carboxylic acids is 4. The Morgan fingerprint density at radius 1 is 1.19 bits per heavy atom. The average molecular weight is 453 g/mol. The Balaban J connectivity index is 2.04. The molecule has 1 aliphatic carbocycles. The molecule has 2 fully saturated rings. The van der Waals surface area contributed by atoms with Crippen LogP contribution in [-0.4, -0.2) is 48.3 Å². The standard InChI is InChI=1S/C24H36O8/c1-5-9-18-19(31-20(25)10-13-29-22(27)16(3)4)14-17(15-21(26)30-18)23(28)32-24(6-2)11-7-8-12-24/h17-19H,3,5-15H2,1-2,4H3. The molecule has 8 nitrogen and oxygen atoms in total. The summed E-state index contributed by atoms with van der Waals surface area (Å²) >= 11 is 0. The van der Waals surface area contributed by atoms with Crippen LogP contribution in [0.25, 0.3) is 0 Å². The molecule has 0 aromatic carbocycles. The lowest BCUT2D eigenvalue weighted by Gasteiger charge is -2.30. The van der Waals surface area contributed by atoms with E-state index in [1.54, 1.807) is 0 Å². The number of carbonyl (C=O) groups is 4. The number of hydrogen-bond donors (Lipinski definition) is 0. The molecule has 1 saturated carbocycles. The molecule has 2 rings (SSSR count). The van der Waals surface area contributed by atoms with Gasteiger partial charge in [0.15, 0.2) is 0 Å². The van der Waals surface area contributed by atoms with E-state index in [1.165, 1.54) is 6.92 Å². The molecule has 0 radical (unpaired) electrons. The molecular weight excluding hydrogens is 416 g/mol. The molecule has 2 aliphatic rings. The molecule has 8 heteroatoms. The molecule has 180 valence electrons. The van der Waals surface area contributed by atoms with E-state index in [9.17, 15) is 19.2 Å². The zero-order valence-corrected chi connectivity index (χ0v) is 19.5. The van der Waals surface area contributed by atoms with E-state index in [0.29, 0.717) is 6.42 Å². The van der Waals surface area contributed by atoms with E-state index in [4.69, 9.17) is 18.9 Å². The summed E-state index contributed by atoms with van der Waals surface area (Å²) in [5, 5.41) is 0. The maximum Gasteiger partial charge on any atom is 0.333 e. The highest BCUT2D eigenvalue weighted by molar-refractivity contribution is 5.87. The molecular formula is C24H36O8. The van der Waals surface area contributed by atoms with E-state index in [0.717, 1.165) is 38.5 Å². The fourth-order valence-electron chi connectivity index (χ4n) is 4.26. The fraction of sp³-hybridized carbons (Fsp3) is 0.750. The largest absolute Gasteiger partial charge is 0.462 e. The van der Waals surface area contributed by atoms with Crippen LogP contribution in [0.15, 0.2) is 12.2 Å². The minimum absolute atomic E-state index is 0.0941. The van der Waals surface area contributed by atoms with Crippen LogP contribution in [0.3, 0.4) is 0 Å². The van der Waals surface area contributed by atoms with Crippen LogP contribution < -0.4 is 0 Å². The van der Waals surface area contributed by atoms with Gasteiger partial charge in [-0.25, -0.2) is 4.79 Å². The molecule has 0 bridgehead atoms. The van der Waals surface area contributed by atoms with Gasteiger partial charge in [0, 0.05) is 12.0 Å². The zero-order valence-electron chi connectivity index (χ0n) is 19.5. The Hall–Kier alpha value is -2.38. The Kier molecular flexibility index (Phi) is 9.72. The van der Waals surface area contributed by atoms with Gasteiger partial charge in [-0.15, -0.1) is 0 Å². The normalized spacial score (nSPS) is 24.7. The van der Waals surface area contributed by atoms with Crippen molar-refractivity contribution in [2.45, 2.75) is 103 Å². The maximum absolute atomic E-state index is 13.0. The van der Waals surface area contributed by atoms with Gasteiger partial charge >= 0.3 is 23.9 Å². The van der Waals surface area contributed by atoms with Gasteiger partial charge in [-0.1, -0.05) is 26.8 Å². The van der Waals surface area contributed by atoms with Crippen molar-refractivity contribution in [1.82, 2.24) is 0 Å². The lowest BCUT2D eigenvalue weighted by atomic mass is 9.94. The highest BCUT2D eigenvalue weighted by atomic mass is 16.6. The smallest absolute Gasteiger partial charge is 0.333 e. The average Bonchev–Trinajstić information content (AvgIpc) is 3.14. The zero-order chi connectivity index (χ0) is 23.7. The summed E-state index contributed by atoms with van der Waals surface area (Å²) in [7, 11) is 0. The van der Waals surface area contributed by atoms with Crippen molar-refractivity contribution >= 4 is 23.9 Å². The predicted molar refractivity (Wildman–Crippen MR) is 115 cm³/mol. The summed E-state index contributed by atoms with van der Waals surface area (Å²) in [4.78, 5) is 49.2. The van der Waals surface area contributed by atoms with Gasteiger partial charge < -0.3 is 18.9 Å². The molecule has 3 atom stereocenters. The molecule has 3 unspecified atom stereocenters. The second-order valence-corrected chi connectivity index (χ2v) is 8.81. The van der Waals surface area contributed by atoms with Gasteiger partial charge in [-0.2, -0.15) is 0 Å². The van der Waals surface area contributed by atoms with Crippen molar-refractivity contribution in [2.75, 3.05) is 6.61 Å². The van der Waals surface area contributed by atoms with Gasteiger partial charge in [0.05, 0.1) is 18.8 Å². The molecule has 0 amide bonds. The molecule has 0 aromatic heterocycles. The summed E-state index contributed by atoms with van der Waals surface area (Å²) in [5.74, 6) is -2.82. The van der Waals surface area contributed by atoms with E-state index in [1.807, 2.05) is 13.8 Å². The first kappa shape index (κ1) is 25.9. The van der Waals surface area contributed by atoms with Crippen molar-refractivity contribution in [3.63, 3.8) is 0 Å². The Labute approximate surface area is 190 Å². The topological polar surface area (TPSA) is 105 Å². The SMILES string of the molecule is C=C(C)C(=O)OCCC(=O)OC1CC(C(=O)OC2(CC)CCCC2)CC(=O)OC1CCC. The maximum atomic E-state index is 13.0. The first-order valence-electron chi connectivity index (χ1n) is 11.6. The third kappa shape index (κ3) is 7.35. The molecule has 1 aliphatic heterocycles. The van der Waals surface area contributed by atoms with Crippen molar-refractivity contribution in [3.8, 4) is 0 Å². The van der Waals surface area contributed by atoms with Crippen molar-refractivity contribution in [1.29, 1.82) is 0 Å². The Morgan fingerprint density at radius 3 is 2.47 bits per heavy atom. The lowest BCUT2D eigenvalue weighted by Crippen LogP contribution is -2.37. The molecule has 1 heterocycles. The van der Waals surface area contributed by atoms with Crippen LogP contribution in [-0.2, 0) is 38.1 Å². The van der Waals surface area contributed by atoms with Gasteiger partial charge in [0.25, 0.3) is 0 Å². The van der Waals surface area contributed by atoms with Gasteiger partial charge in [0.2, 0.25) is 0 Å². The summed E-state index contributed by atoms with van der Waals surface area (Å²) in [6.07, 6.45) is 4.18. The lowest BCUT2D eigenvalue weighted by molar-refractivity contribution is -0.169. The highest BCUT2D eigenvalue weighted by Gasteiger charge is 2.42. The van der Waals surface area contributed by atoms with Crippen molar-refractivity contribution in [3.05, 3.63) is 12.2 Å². The summed E-state index contributed by atoms with van der Waals surface area (Å²) < 4.78 is 22.0. The summed E-state index contributed by atoms with van der Waals surface area (Å²) in [5.41, 5.74) is -0.222. The van der Waals surface area contributed by atoms with Crippen LogP contribution in [0.2, 0.25) is 0 Å². The van der Waals surface area contributed by atoms with E-state index in [-0.39, 0.29) is 31.4 Å². The third-order valence-corrected chi connectivity index (χ3v) is 6.18. The highest BCUT2D eigenvalue weighted by Crippen LogP contribution is 2.38. The summed E-state index contributed by atoms with van der Waals surface area (Å²) in [6.45, 7) is 8.80. The fourth-order valence-corrected chi connectivity index (χ4v) is 4.26. The van der Waals surface area contributed by atoms with E-state index >= 15 is 0 Å². The second kappa shape index (κ2) is 12.0. The molecule has 0 spiro atoms. The number of rotatable bonds is 10. The van der Waals surface area contributed by atoms with Gasteiger partial charge in [-0.05, 0) is 45.4 Å². The monoisotopic (exact) mass is 452 g/mol. The van der Waals surface area contributed by atoms with E-state index < -0.39 is 47.6 Å². The van der Waals surface area contributed by atoms with Crippen molar-refractivity contribution < 1.29 is 38.1 Å². The van der Waals surface area contributed by atoms with Crippen LogP contribution in [0.1, 0.15) is 85.0 Å². The number of esters is 4. The minimum atomic E-state index is -0.760. The van der Waals surface area contributed by atoms with Crippen molar-refractivity contribution in [2.24, 2.45) is 5.92 Å². The molecule has 0 N–H and O–H groups in total. The Morgan fingerprint density at radius 2 is 1.88 bits per heavy atom. The first-order chi connectivity index (χ1) is 15.2. The second-order valence-electron chi connectivity index (χ2n) is 8.81. The van der Waals surface area contributed by atoms with Crippen LogP contribution >= 0.6 is 0 Å². The molecule has 32 heavy (non-hydrogen) atoms. The van der Waals surface area contributed by atoms with Crippen LogP contribution in [0.4, 0.5) is 0 Å². The minimum Gasteiger partial charge on any atom is -0.462 e. The number of cyclic esters (lactones) is 1. The predicted octanol–water partition coefficient (Wildman–Crippen LogP) is 3.80. The number of hydrogen-bond acceptors (Lipinski definition) is 8. The molecule has 1 saturated heterocycles.